The molecule has 2 heterocycles. The Bertz CT molecular complexity index is 1070. The summed E-state index contributed by atoms with van der Waals surface area (Å²) in [6.45, 7) is 1.82. The molecule has 2 N–H and O–H groups in total. The van der Waals surface area contributed by atoms with Gasteiger partial charge in [-0.05, 0) is 25.0 Å². The lowest BCUT2D eigenvalue weighted by atomic mass is 9.80. The molecule has 1 saturated heterocycles. The number of methoxy groups -OCH3 is 1. The summed E-state index contributed by atoms with van der Waals surface area (Å²) >= 11 is 0. The van der Waals surface area contributed by atoms with Gasteiger partial charge in [0, 0.05) is 30.5 Å². The predicted octanol–water partition coefficient (Wildman–Crippen LogP) is 3.23. The Morgan fingerprint density at radius 3 is 2.61 bits per heavy atom. The van der Waals surface area contributed by atoms with Crippen molar-refractivity contribution in [3.05, 3.63) is 46.0 Å². The van der Waals surface area contributed by atoms with E-state index in [-0.39, 0.29) is 39.5 Å². The summed E-state index contributed by atoms with van der Waals surface area (Å²) in [5.41, 5.74) is 0.198. The van der Waals surface area contributed by atoms with Crippen molar-refractivity contribution in [1.82, 2.24) is 0 Å². The highest BCUT2D eigenvalue weighted by Gasteiger charge is 2.46. The second-order valence-electron chi connectivity index (χ2n) is 7.52. The second-order valence-corrected chi connectivity index (χ2v) is 7.52. The first-order valence-electron chi connectivity index (χ1n) is 9.10. The number of hydrogen-bond donors (Lipinski definition) is 2. The standard InChI is InChI=1S/C21H18O7/c1-21-5-3-4-13(27-21)17-14(28-21)8-11-16(20(17)25)19(24)15-10(18(11)23)6-9(26-2)7-12(15)22/h6-8,13,22,25H,3-5H2,1-2H3. The summed E-state index contributed by atoms with van der Waals surface area (Å²) in [6, 6.07) is 4.18. The summed E-state index contributed by atoms with van der Waals surface area (Å²) in [5, 5.41) is 21.2. The van der Waals surface area contributed by atoms with Crippen molar-refractivity contribution in [3.63, 3.8) is 0 Å². The minimum absolute atomic E-state index is 0.0344. The molecule has 28 heavy (non-hydrogen) atoms. The molecule has 2 aromatic carbocycles. The van der Waals surface area contributed by atoms with Crippen LogP contribution in [0.3, 0.4) is 0 Å². The number of rotatable bonds is 1. The van der Waals surface area contributed by atoms with E-state index in [1.807, 2.05) is 6.92 Å². The quantitative estimate of drug-likeness (QED) is 0.666. The molecule has 5 rings (SSSR count). The van der Waals surface area contributed by atoms with Crippen LogP contribution in [0.1, 0.15) is 69.7 Å². The average molecular weight is 382 g/mol. The molecule has 3 aliphatic rings. The Hall–Kier alpha value is -3.06. The number of benzene rings is 2. The van der Waals surface area contributed by atoms with Crippen molar-refractivity contribution < 1.29 is 34.0 Å². The largest absolute Gasteiger partial charge is 0.507 e. The molecule has 7 heteroatoms. The van der Waals surface area contributed by atoms with Crippen molar-refractivity contribution >= 4 is 11.6 Å². The van der Waals surface area contributed by atoms with E-state index in [0.717, 1.165) is 6.42 Å². The predicted molar refractivity (Wildman–Crippen MR) is 96.3 cm³/mol. The third kappa shape index (κ3) is 2.13. The SMILES string of the molecule is COc1cc(O)c2c(c1)C(=O)c1cc3c(c(O)c1C2=O)C1CCCC(C)(O3)O1. The van der Waals surface area contributed by atoms with Gasteiger partial charge in [0.05, 0.1) is 29.9 Å². The Kier molecular flexibility index (Phi) is 3.34. The normalized spacial score (nSPS) is 24.7. The number of phenolic OH excluding ortho intramolecular Hbond substituents is 2. The molecule has 2 aromatic rings. The fourth-order valence-corrected chi connectivity index (χ4v) is 4.41. The van der Waals surface area contributed by atoms with Gasteiger partial charge in [-0.2, -0.15) is 0 Å². The average Bonchev–Trinajstić information content (AvgIpc) is 2.64. The van der Waals surface area contributed by atoms with Gasteiger partial charge >= 0.3 is 0 Å². The molecule has 1 aliphatic carbocycles. The van der Waals surface area contributed by atoms with Gasteiger partial charge in [-0.3, -0.25) is 9.59 Å². The van der Waals surface area contributed by atoms with Crippen molar-refractivity contribution in [1.29, 1.82) is 0 Å². The molecule has 0 amide bonds. The van der Waals surface area contributed by atoms with Crippen LogP contribution in [0.15, 0.2) is 18.2 Å². The maximum atomic E-state index is 13.1. The summed E-state index contributed by atoms with van der Waals surface area (Å²) in [5.74, 6) is -2.00. The van der Waals surface area contributed by atoms with Crippen LogP contribution in [0.25, 0.3) is 0 Å². The number of ether oxygens (including phenoxy) is 3. The van der Waals surface area contributed by atoms with Crippen LogP contribution in [0.5, 0.6) is 23.0 Å². The smallest absolute Gasteiger partial charge is 0.208 e. The number of ketones is 2. The molecule has 0 aromatic heterocycles. The van der Waals surface area contributed by atoms with Gasteiger partial charge in [-0.25, -0.2) is 0 Å². The monoisotopic (exact) mass is 382 g/mol. The topological polar surface area (TPSA) is 102 Å². The molecular weight excluding hydrogens is 364 g/mol. The highest BCUT2D eigenvalue weighted by atomic mass is 16.7. The Balaban J connectivity index is 1.76. The molecule has 7 nitrogen and oxygen atoms in total. The summed E-state index contributed by atoms with van der Waals surface area (Å²) in [4.78, 5) is 26.2. The van der Waals surface area contributed by atoms with Crippen molar-refractivity contribution in [2.24, 2.45) is 0 Å². The number of carbonyl (C=O) groups is 2. The second kappa shape index (κ2) is 5.48. The fourth-order valence-electron chi connectivity index (χ4n) is 4.41. The lowest BCUT2D eigenvalue weighted by Crippen LogP contribution is -2.44. The van der Waals surface area contributed by atoms with Crippen LogP contribution in [-0.4, -0.2) is 34.7 Å². The van der Waals surface area contributed by atoms with E-state index in [9.17, 15) is 19.8 Å². The summed E-state index contributed by atoms with van der Waals surface area (Å²) < 4.78 is 17.0. The van der Waals surface area contributed by atoms with Gasteiger partial charge in [0.15, 0.2) is 5.78 Å². The van der Waals surface area contributed by atoms with E-state index in [4.69, 9.17) is 14.2 Å². The summed E-state index contributed by atoms with van der Waals surface area (Å²) in [7, 11) is 1.40. The Morgan fingerprint density at radius 2 is 1.86 bits per heavy atom. The molecule has 2 aliphatic heterocycles. The van der Waals surface area contributed by atoms with E-state index in [1.54, 1.807) is 0 Å². The zero-order valence-corrected chi connectivity index (χ0v) is 15.4. The maximum Gasteiger partial charge on any atom is 0.208 e. The van der Waals surface area contributed by atoms with Gasteiger partial charge < -0.3 is 24.4 Å². The molecule has 0 spiro atoms. The Labute approximate surface area is 160 Å². The van der Waals surface area contributed by atoms with Crippen LogP contribution in [0.4, 0.5) is 0 Å². The van der Waals surface area contributed by atoms with Gasteiger partial charge in [0.2, 0.25) is 11.6 Å². The summed E-state index contributed by atoms with van der Waals surface area (Å²) in [6.07, 6.45) is 1.82. The van der Waals surface area contributed by atoms with Crippen LogP contribution < -0.4 is 9.47 Å². The first-order chi connectivity index (χ1) is 13.3. The van der Waals surface area contributed by atoms with Crippen molar-refractivity contribution in [2.75, 3.05) is 7.11 Å². The molecule has 2 atom stereocenters. The molecule has 2 unspecified atom stereocenters. The zero-order valence-electron chi connectivity index (χ0n) is 15.4. The number of phenols is 2. The van der Waals surface area contributed by atoms with Crippen LogP contribution >= 0.6 is 0 Å². The minimum atomic E-state index is -0.822. The van der Waals surface area contributed by atoms with Gasteiger partial charge in [-0.15, -0.1) is 0 Å². The van der Waals surface area contributed by atoms with Crippen LogP contribution in [0, 0.1) is 0 Å². The molecule has 1 fully saturated rings. The number of carbonyl (C=O) groups excluding carboxylic acids is 2. The Morgan fingerprint density at radius 1 is 1.11 bits per heavy atom. The van der Waals surface area contributed by atoms with E-state index in [1.165, 1.54) is 25.3 Å². The first-order valence-corrected chi connectivity index (χ1v) is 9.10. The van der Waals surface area contributed by atoms with E-state index in [2.05, 4.69) is 0 Å². The van der Waals surface area contributed by atoms with Crippen LogP contribution in [0.2, 0.25) is 0 Å². The fraction of sp³-hybridized carbons (Fsp3) is 0.333. The lowest BCUT2D eigenvalue weighted by molar-refractivity contribution is -0.243. The molecule has 0 saturated carbocycles. The van der Waals surface area contributed by atoms with Crippen molar-refractivity contribution in [2.45, 2.75) is 38.1 Å². The molecule has 144 valence electrons. The first kappa shape index (κ1) is 17.1. The zero-order chi connectivity index (χ0) is 19.8. The molecule has 2 bridgehead atoms. The third-order valence-electron chi connectivity index (χ3n) is 5.71. The van der Waals surface area contributed by atoms with E-state index >= 15 is 0 Å². The van der Waals surface area contributed by atoms with Gasteiger partial charge in [-0.1, -0.05) is 0 Å². The van der Waals surface area contributed by atoms with Gasteiger partial charge in [0.25, 0.3) is 0 Å². The number of fused-ring (bicyclic) bond motifs is 6. The van der Waals surface area contributed by atoms with E-state index in [0.29, 0.717) is 24.2 Å². The molecular formula is C21H18O7. The lowest BCUT2D eigenvalue weighted by Gasteiger charge is -2.44. The minimum Gasteiger partial charge on any atom is -0.507 e. The van der Waals surface area contributed by atoms with Crippen LogP contribution in [-0.2, 0) is 4.74 Å². The highest BCUT2D eigenvalue weighted by Crippen LogP contribution is 2.53. The third-order valence-corrected chi connectivity index (χ3v) is 5.71. The van der Waals surface area contributed by atoms with E-state index < -0.39 is 23.5 Å². The highest BCUT2D eigenvalue weighted by molar-refractivity contribution is 6.30. The number of hydrogen-bond acceptors (Lipinski definition) is 7. The maximum absolute atomic E-state index is 13.1. The number of aromatic hydroxyl groups is 2. The van der Waals surface area contributed by atoms with Gasteiger partial charge in [0.1, 0.15) is 23.0 Å². The van der Waals surface area contributed by atoms with Crippen molar-refractivity contribution in [3.8, 4) is 23.0 Å². The molecule has 0 radical (unpaired) electrons.